The maximum atomic E-state index is 4.19. The van der Waals surface area contributed by atoms with E-state index in [4.69, 9.17) is 0 Å². The molecule has 0 bridgehead atoms. The van der Waals surface area contributed by atoms with Gasteiger partial charge in [0.05, 0.1) is 17.8 Å². The number of thioether (sulfide) groups is 1. The van der Waals surface area contributed by atoms with Crippen LogP contribution in [-0.2, 0) is 0 Å². The summed E-state index contributed by atoms with van der Waals surface area (Å²) in [6, 6.07) is 2.51. The van der Waals surface area contributed by atoms with Gasteiger partial charge in [-0.1, -0.05) is 5.21 Å². The molecule has 0 spiro atoms. The third-order valence-corrected chi connectivity index (χ3v) is 3.67. The van der Waals surface area contributed by atoms with Crippen molar-refractivity contribution >= 4 is 22.8 Å². The number of aromatic nitrogens is 4. The first-order valence-electron chi connectivity index (χ1n) is 4.68. The average Bonchev–Trinajstić information content (AvgIpc) is 2.85. The van der Waals surface area contributed by atoms with Crippen LogP contribution in [-0.4, -0.2) is 31.5 Å². The largest absolute Gasteiger partial charge is 0.262 e. The Morgan fingerprint density at radius 3 is 3.36 bits per heavy atom. The molecule has 1 aliphatic heterocycles. The van der Waals surface area contributed by atoms with Gasteiger partial charge in [-0.15, -0.1) is 5.10 Å². The van der Waals surface area contributed by atoms with Crippen LogP contribution in [0.2, 0.25) is 0 Å². The van der Waals surface area contributed by atoms with E-state index in [1.54, 1.807) is 12.4 Å². The van der Waals surface area contributed by atoms with Gasteiger partial charge < -0.3 is 0 Å². The lowest BCUT2D eigenvalue weighted by Gasteiger charge is -2.08. The lowest BCUT2D eigenvalue weighted by Crippen LogP contribution is -2.09. The highest BCUT2D eigenvalue weighted by Gasteiger charge is 2.20. The first kappa shape index (κ1) is 8.23. The van der Waals surface area contributed by atoms with E-state index < -0.39 is 0 Å². The van der Waals surface area contributed by atoms with Gasteiger partial charge in [-0.25, -0.2) is 4.68 Å². The molecular formula is C9H10N4S. The number of hydrogen-bond donors (Lipinski definition) is 0. The van der Waals surface area contributed by atoms with E-state index in [0.717, 1.165) is 16.8 Å². The minimum atomic E-state index is 0.521. The molecule has 1 saturated heterocycles. The van der Waals surface area contributed by atoms with Crippen molar-refractivity contribution in [3.8, 4) is 0 Å². The maximum absolute atomic E-state index is 4.19. The molecule has 72 valence electrons. The van der Waals surface area contributed by atoms with Gasteiger partial charge >= 0.3 is 0 Å². The summed E-state index contributed by atoms with van der Waals surface area (Å²) < 4.78 is 2.04. The van der Waals surface area contributed by atoms with Crippen molar-refractivity contribution in [2.75, 3.05) is 11.5 Å². The number of nitrogens with zero attached hydrogens (tertiary/aromatic N) is 4. The van der Waals surface area contributed by atoms with Crippen LogP contribution < -0.4 is 0 Å². The first-order valence-corrected chi connectivity index (χ1v) is 5.83. The van der Waals surface area contributed by atoms with E-state index >= 15 is 0 Å². The molecule has 0 N–H and O–H groups in total. The fourth-order valence-electron chi connectivity index (χ4n) is 1.78. The molecule has 2 aromatic rings. The van der Waals surface area contributed by atoms with E-state index in [2.05, 4.69) is 15.3 Å². The second kappa shape index (κ2) is 3.24. The molecule has 1 fully saturated rings. The van der Waals surface area contributed by atoms with Crippen LogP contribution in [0.15, 0.2) is 18.5 Å². The molecule has 0 aromatic carbocycles. The molecule has 1 unspecified atom stereocenters. The molecule has 14 heavy (non-hydrogen) atoms. The van der Waals surface area contributed by atoms with Crippen LogP contribution in [0.5, 0.6) is 0 Å². The summed E-state index contributed by atoms with van der Waals surface area (Å²) >= 11 is 1.98. The van der Waals surface area contributed by atoms with Crippen molar-refractivity contribution in [1.82, 2.24) is 20.0 Å². The zero-order chi connectivity index (χ0) is 9.38. The van der Waals surface area contributed by atoms with Gasteiger partial charge in [-0.3, -0.25) is 4.98 Å². The van der Waals surface area contributed by atoms with Gasteiger partial charge in [0.15, 0.2) is 0 Å². The van der Waals surface area contributed by atoms with Crippen LogP contribution in [0, 0.1) is 0 Å². The van der Waals surface area contributed by atoms with Crippen LogP contribution >= 0.6 is 11.8 Å². The van der Waals surface area contributed by atoms with Crippen molar-refractivity contribution in [2.45, 2.75) is 12.5 Å². The fraction of sp³-hybridized carbons (Fsp3) is 0.444. The summed E-state index contributed by atoms with van der Waals surface area (Å²) in [6.45, 7) is 0. The summed E-state index contributed by atoms with van der Waals surface area (Å²) in [6.07, 6.45) is 4.76. The van der Waals surface area contributed by atoms with Crippen molar-refractivity contribution in [3.05, 3.63) is 18.5 Å². The van der Waals surface area contributed by atoms with Gasteiger partial charge in [0, 0.05) is 11.9 Å². The Labute approximate surface area is 85.7 Å². The maximum Gasteiger partial charge on any atom is 0.131 e. The van der Waals surface area contributed by atoms with Gasteiger partial charge in [0.1, 0.15) is 5.52 Å². The number of hydrogen-bond acceptors (Lipinski definition) is 4. The second-order valence-corrected chi connectivity index (χ2v) is 4.57. The molecule has 5 heteroatoms. The molecule has 0 aliphatic carbocycles. The van der Waals surface area contributed by atoms with E-state index in [-0.39, 0.29) is 0 Å². The summed E-state index contributed by atoms with van der Waals surface area (Å²) in [5.41, 5.74) is 2.00. The smallest absolute Gasteiger partial charge is 0.131 e. The summed E-state index contributed by atoms with van der Waals surface area (Å²) in [5.74, 6) is 2.39. The molecule has 4 nitrogen and oxygen atoms in total. The Bertz CT molecular complexity index is 447. The topological polar surface area (TPSA) is 43.6 Å². The van der Waals surface area contributed by atoms with Gasteiger partial charge in [-0.2, -0.15) is 11.8 Å². The third kappa shape index (κ3) is 1.19. The first-order chi connectivity index (χ1) is 6.95. The average molecular weight is 206 g/mol. The SMILES string of the molecule is c1cc2c(cn1)nnn2C1CCSC1. The molecule has 0 amide bonds. The van der Waals surface area contributed by atoms with Crippen molar-refractivity contribution in [3.63, 3.8) is 0 Å². The monoisotopic (exact) mass is 206 g/mol. The normalized spacial score (nSPS) is 21.9. The molecule has 3 heterocycles. The molecule has 0 saturated carbocycles. The predicted molar refractivity (Wildman–Crippen MR) is 56.3 cm³/mol. The Morgan fingerprint density at radius 2 is 2.50 bits per heavy atom. The number of fused-ring (bicyclic) bond motifs is 1. The van der Waals surface area contributed by atoms with Crippen molar-refractivity contribution in [1.29, 1.82) is 0 Å². The van der Waals surface area contributed by atoms with Crippen molar-refractivity contribution in [2.24, 2.45) is 0 Å². The number of pyridine rings is 1. The highest BCUT2D eigenvalue weighted by molar-refractivity contribution is 7.99. The van der Waals surface area contributed by atoms with Gasteiger partial charge in [-0.05, 0) is 18.2 Å². The Kier molecular flexibility index (Phi) is 1.90. The van der Waals surface area contributed by atoms with Crippen LogP contribution in [0.3, 0.4) is 0 Å². The van der Waals surface area contributed by atoms with Crippen molar-refractivity contribution < 1.29 is 0 Å². The predicted octanol–water partition coefficient (Wildman–Crippen LogP) is 1.50. The zero-order valence-electron chi connectivity index (χ0n) is 7.63. The van der Waals surface area contributed by atoms with Crippen LogP contribution in [0.4, 0.5) is 0 Å². The Morgan fingerprint density at radius 1 is 1.50 bits per heavy atom. The fourth-order valence-corrected chi connectivity index (χ4v) is 2.96. The van der Waals surface area contributed by atoms with Crippen LogP contribution in [0.1, 0.15) is 12.5 Å². The second-order valence-electron chi connectivity index (χ2n) is 3.42. The molecule has 2 aromatic heterocycles. The zero-order valence-corrected chi connectivity index (χ0v) is 8.44. The standard InChI is InChI=1S/C9H10N4S/c1-3-10-5-8-9(1)13(12-11-8)7-2-4-14-6-7/h1,3,5,7H,2,4,6H2. The lowest BCUT2D eigenvalue weighted by atomic mass is 10.2. The molecule has 0 radical (unpaired) electrons. The Hall–Kier alpha value is -1.10. The minimum absolute atomic E-state index is 0.521. The third-order valence-electron chi connectivity index (χ3n) is 2.52. The highest BCUT2D eigenvalue weighted by atomic mass is 32.2. The van der Waals surface area contributed by atoms with E-state index in [0.29, 0.717) is 6.04 Å². The van der Waals surface area contributed by atoms with Crippen LogP contribution in [0.25, 0.3) is 11.0 Å². The highest BCUT2D eigenvalue weighted by Crippen LogP contribution is 2.28. The molecule has 3 rings (SSSR count). The van der Waals surface area contributed by atoms with E-state index in [9.17, 15) is 0 Å². The lowest BCUT2D eigenvalue weighted by molar-refractivity contribution is 0.501. The number of rotatable bonds is 1. The Balaban J connectivity index is 2.11. The van der Waals surface area contributed by atoms with Gasteiger partial charge in [0.25, 0.3) is 0 Å². The minimum Gasteiger partial charge on any atom is -0.262 e. The summed E-state index contributed by atoms with van der Waals surface area (Å²) in [7, 11) is 0. The quantitative estimate of drug-likeness (QED) is 0.709. The molecule has 1 aliphatic rings. The van der Waals surface area contributed by atoms with E-state index in [1.807, 2.05) is 22.5 Å². The van der Waals surface area contributed by atoms with E-state index in [1.165, 1.54) is 12.2 Å². The molecule has 1 atom stereocenters. The molecular weight excluding hydrogens is 196 g/mol. The summed E-state index contributed by atoms with van der Waals surface area (Å²) in [5, 5.41) is 8.30. The summed E-state index contributed by atoms with van der Waals surface area (Å²) in [4.78, 5) is 4.03. The van der Waals surface area contributed by atoms with Gasteiger partial charge in [0.2, 0.25) is 0 Å².